The van der Waals surface area contributed by atoms with Crippen LogP contribution < -0.4 is 10.2 Å². The second kappa shape index (κ2) is 4.82. The Morgan fingerprint density at radius 1 is 1.32 bits per heavy atom. The molecule has 1 N–H and O–H groups in total. The van der Waals surface area contributed by atoms with Gasteiger partial charge in [-0.1, -0.05) is 0 Å². The normalized spacial score (nSPS) is 9.95. The van der Waals surface area contributed by atoms with Crippen molar-refractivity contribution in [2.45, 2.75) is 0 Å². The summed E-state index contributed by atoms with van der Waals surface area (Å²) < 4.78 is 9.57. The molecule has 2 aromatic rings. The van der Waals surface area contributed by atoms with Gasteiger partial charge in [0.25, 0.3) is 0 Å². The molecule has 1 aromatic heterocycles. The first kappa shape index (κ1) is 12.6. The molecule has 0 aliphatic rings. The van der Waals surface area contributed by atoms with E-state index in [1.54, 1.807) is 0 Å². The molecule has 0 amide bonds. The molecule has 6 nitrogen and oxygen atoms in total. The van der Waals surface area contributed by atoms with Crippen LogP contribution in [-0.2, 0) is 4.74 Å². The predicted octanol–water partition coefficient (Wildman–Crippen LogP) is 1.19. The summed E-state index contributed by atoms with van der Waals surface area (Å²) in [7, 11) is 2.66. The van der Waals surface area contributed by atoms with Crippen LogP contribution in [0.1, 0.15) is 16.1 Å². The Labute approximate surface area is 108 Å². The fourth-order valence-electron chi connectivity index (χ4n) is 1.75. The third-order valence-corrected chi connectivity index (χ3v) is 2.67. The highest BCUT2D eigenvalue weighted by Crippen LogP contribution is 2.21. The van der Waals surface area contributed by atoms with Crippen LogP contribution in [0.3, 0.4) is 0 Å². The Morgan fingerprint density at radius 2 is 2.05 bits per heavy atom. The Kier molecular flexibility index (Phi) is 3.21. The molecule has 6 heteroatoms. The lowest BCUT2D eigenvalue weighted by molar-refractivity contribution is 0.0594. The molecule has 0 fully saturated rings. The predicted molar refractivity (Wildman–Crippen MR) is 67.2 cm³/mol. The van der Waals surface area contributed by atoms with Gasteiger partial charge in [-0.05, 0) is 6.07 Å². The van der Waals surface area contributed by atoms with Crippen molar-refractivity contribution in [2.24, 2.45) is 0 Å². The largest absolute Gasteiger partial charge is 0.497 e. The second-order valence-electron chi connectivity index (χ2n) is 3.75. The van der Waals surface area contributed by atoms with Gasteiger partial charge in [0, 0.05) is 12.1 Å². The van der Waals surface area contributed by atoms with Crippen molar-refractivity contribution in [3.8, 4) is 11.8 Å². The first-order valence-electron chi connectivity index (χ1n) is 5.34. The van der Waals surface area contributed by atoms with Gasteiger partial charge in [0.2, 0.25) is 0 Å². The van der Waals surface area contributed by atoms with Crippen LogP contribution in [0.4, 0.5) is 0 Å². The molecule has 0 atom stereocenters. The number of nitrogens with one attached hydrogen (secondary N) is 1. The number of esters is 1. The number of methoxy groups -OCH3 is 2. The molecular formula is C13H10N2O4. The zero-order valence-corrected chi connectivity index (χ0v) is 10.3. The number of fused-ring (bicyclic) bond motifs is 1. The number of carbonyl (C=O) groups excluding carboxylic acids is 1. The van der Waals surface area contributed by atoms with Gasteiger partial charge in [-0.3, -0.25) is 4.79 Å². The van der Waals surface area contributed by atoms with E-state index in [1.165, 1.54) is 26.4 Å². The van der Waals surface area contributed by atoms with Crippen LogP contribution in [0.25, 0.3) is 10.9 Å². The average molecular weight is 258 g/mol. The monoisotopic (exact) mass is 258 g/mol. The van der Waals surface area contributed by atoms with Crippen molar-refractivity contribution in [2.75, 3.05) is 14.2 Å². The molecule has 0 aliphatic heterocycles. The van der Waals surface area contributed by atoms with Gasteiger partial charge < -0.3 is 14.5 Å². The van der Waals surface area contributed by atoms with Crippen LogP contribution in [0.2, 0.25) is 0 Å². The Hall–Kier alpha value is -2.81. The van der Waals surface area contributed by atoms with Crippen LogP contribution in [-0.4, -0.2) is 25.2 Å². The van der Waals surface area contributed by atoms with Crippen molar-refractivity contribution in [3.63, 3.8) is 0 Å². The molecule has 96 valence electrons. The third kappa shape index (κ3) is 2.13. The van der Waals surface area contributed by atoms with Gasteiger partial charge in [-0.15, -0.1) is 0 Å². The van der Waals surface area contributed by atoms with E-state index in [1.807, 2.05) is 6.07 Å². The molecule has 0 spiro atoms. The average Bonchev–Trinajstić information content (AvgIpc) is 2.45. The number of nitriles is 1. The van der Waals surface area contributed by atoms with E-state index in [4.69, 9.17) is 10.00 Å². The lowest BCUT2D eigenvalue weighted by Gasteiger charge is -2.06. The van der Waals surface area contributed by atoms with Crippen molar-refractivity contribution in [1.29, 1.82) is 5.26 Å². The van der Waals surface area contributed by atoms with Crippen LogP contribution in [0.15, 0.2) is 23.0 Å². The third-order valence-electron chi connectivity index (χ3n) is 2.67. The quantitative estimate of drug-likeness (QED) is 0.817. The molecule has 0 radical (unpaired) electrons. The maximum absolute atomic E-state index is 12.0. The fraction of sp³-hybridized carbons (Fsp3) is 0.154. The van der Waals surface area contributed by atoms with Gasteiger partial charge in [-0.2, -0.15) is 5.26 Å². The second-order valence-corrected chi connectivity index (χ2v) is 3.75. The lowest BCUT2D eigenvalue weighted by Crippen LogP contribution is -2.12. The summed E-state index contributed by atoms with van der Waals surface area (Å²) in [5, 5.41) is 9.37. The zero-order valence-electron chi connectivity index (χ0n) is 10.3. The van der Waals surface area contributed by atoms with E-state index in [-0.39, 0.29) is 27.6 Å². The molecule has 1 aromatic carbocycles. The molecule has 2 rings (SSSR count). The maximum atomic E-state index is 12.0. The van der Waals surface area contributed by atoms with E-state index in [9.17, 15) is 9.59 Å². The van der Waals surface area contributed by atoms with Crippen molar-refractivity contribution >= 4 is 16.9 Å². The first-order valence-corrected chi connectivity index (χ1v) is 5.34. The summed E-state index contributed by atoms with van der Waals surface area (Å²) in [5.74, 6) is -0.265. The molecule has 0 aliphatic carbocycles. The van der Waals surface area contributed by atoms with Gasteiger partial charge in [-0.25, -0.2) is 4.79 Å². The standard InChI is InChI=1S/C13H10N2O4/c1-18-8-3-7(6-14)12-9(4-8)11(16)5-10(15-12)13(17)19-2/h3-5H,1-2H3,(H,15,16). The zero-order chi connectivity index (χ0) is 14.0. The number of aromatic amines is 1. The van der Waals surface area contributed by atoms with E-state index >= 15 is 0 Å². The minimum Gasteiger partial charge on any atom is -0.497 e. The highest BCUT2D eigenvalue weighted by atomic mass is 16.5. The number of ether oxygens (including phenoxy) is 2. The van der Waals surface area contributed by atoms with E-state index in [0.29, 0.717) is 5.75 Å². The number of benzene rings is 1. The smallest absolute Gasteiger partial charge is 0.354 e. The maximum Gasteiger partial charge on any atom is 0.354 e. The summed E-state index contributed by atoms with van der Waals surface area (Å²) in [6.45, 7) is 0. The number of pyridine rings is 1. The molecule has 0 bridgehead atoms. The topological polar surface area (TPSA) is 92.2 Å². The summed E-state index contributed by atoms with van der Waals surface area (Å²) in [6.07, 6.45) is 0. The van der Waals surface area contributed by atoms with Crippen molar-refractivity contribution in [1.82, 2.24) is 4.98 Å². The van der Waals surface area contributed by atoms with Crippen LogP contribution in [0.5, 0.6) is 5.75 Å². The molecule has 19 heavy (non-hydrogen) atoms. The van der Waals surface area contributed by atoms with E-state index in [2.05, 4.69) is 9.72 Å². The molecular weight excluding hydrogens is 248 g/mol. The first-order chi connectivity index (χ1) is 9.10. The summed E-state index contributed by atoms with van der Waals surface area (Å²) in [6, 6.07) is 6.08. The number of hydrogen-bond acceptors (Lipinski definition) is 5. The van der Waals surface area contributed by atoms with Crippen molar-refractivity contribution in [3.05, 3.63) is 39.7 Å². The minimum atomic E-state index is -0.668. The summed E-state index contributed by atoms with van der Waals surface area (Å²) >= 11 is 0. The molecule has 0 saturated carbocycles. The fourth-order valence-corrected chi connectivity index (χ4v) is 1.75. The number of hydrogen-bond donors (Lipinski definition) is 1. The Bertz CT molecular complexity index is 756. The SMILES string of the molecule is COC(=O)c1cc(=O)c2cc(OC)cc(C#N)c2[nH]1. The van der Waals surface area contributed by atoms with E-state index in [0.717, 1.165) is 6.07 Å². The van der Waals surface area contributed by atoms with Crippen molar-refractivity contribution < 1.29 is 14.3 Å². The highest BCUT2D eigenvalue weighted by molar-refractivity contribution is 5.93. The van der Waals surface area contributed by atoms with Crippen LogP contribution in [0, 0.1) is 11.3 Å². The molecule has 0 unspecified atom stereocenters. The van der Waals surface area contributed by atoms with E-state index < -0.39 is 5.97 Å². The Balaban J connectivity index is 2.85. The number of carbonyl (C=O) groups is 1. The van der Waals surface area contributed by atoms with Gasteiger partial charge in [0.05, 0.1) is 30.7 Å². The summed E-state index contributed by atoms with van der Waals surface area (Å²) in [5.41, 5.74) is 0.125. The Morgan fingerprint density at radius 3 is 2.63 bits per heavy atom. The highest BCUT2D eigenvalue weighted by Gasteiger charge is 2.13. The minimum absolute atomic E-state index is 0.00154. The van der Waals surface area contributed by atoms with Gasteiger partial charge in [0.15, 0.2) is 5.43 Å². The van der Waals surface area contributed by atoms with Gasteiger partial charge in [0.1, 0.15) is 17.5 Å². The summed E-state index contributed by atoms with van der Waals surface area (Å²) in [4.78, 5) is 26.1. The number of rotatable bonds is 2. The number of aromatic nitrogens is 1. The van der Waals surface area contributed by atoms with Crippen LogP contribution >= 0.6 is 0 Å². The lowest BCUT2D eigenvalue weighted by atomic mass is 10.1. The number of nitrogens with zero attached hydrogens (tertiary/aromatic N) is 1. The molecule has 0 saturated heterocycles. The number of H-pyrrole nitrogens is 1. The molecule has 1 heterocycles. The van der Waals surface area contributed by atoms with Gasteiger partial charge >= 0.3 is 5.97 Å².